The van der Waals surface area contributed by atoms with Crippen molar-refractivity contribution < 1.29 is 4.74 Å². The van der Waals surface area contributed by atoms with Crippen LogP contribution in [0.15, 0.2) is 40.1 Å². The van der Waals surface area contributed by atoms with Gasteiger partial charge in [-0.3, -0.25) is 14.3 Å². The van der Waals surface area contributed by atoms with Gasteiger partial charge in [-0.2, -0.15) is 10.2 Å². The van der Waals surface area contributed by atoms with Crippen molar-refractivity contribution in [1.82, 2.24) is 19.5 Å². The number of nitriles is 1. The van der Waals surface area contributed by atoms with Gasteiger partial charge in [0.25, 0.3) is 5.56 Å². The summed E-state index contributed by atoms with van der Waals surface area (Å²) in [5.74, 6) is 1.06. The summed E-state index contributed by atoms with van der Waals surface area (Å²) in [4.78, 5) is 33.3. The maximum Gasteiger partial charge on any atom is 0.328 e. The average Bonchev–Trinajstić information content (AvgIpc) is 2.66. The van der Waals surface area contributed by atoms with Gasteiger partial charge in [-0.1, -0.05) is 11.6 Å². The molecule has 29 heavy (non-hydrogen) atoms. The zero-order valence-corrected chi connectivity index (χ0v) is 16.4. The fourth-order valence-electron chi connectivity index (χ4n) is 2.72. The molecule has 0 unspecified atom stereocenters. The molecule has 2 heterocycles. The van der Waals surface area contributed by atoms with Gasteiger partial charge in [-0.15, -0.1) is 0 Å². The minimum absolute atomic E-state index is 0.183. The van der Waals surface area contributed by atoms with E-state index in [1.165, 1.54) is 22.9 Å². The Morgan fingerprint density at radius 3 is 2.62 bits per heavy atom. The molecule has 3 aromatic rings. The molecule has 0 radical (unpaired) electrons. The van der Waals surface area contributed by atoms with Crippen molar-refractivity contribution >= 4 is 17.5 Å². The molecule has 2 aromatic heterocycles. The normalized spacial score (nSPS) is 10.4. The Hall–Kier alpha value is -3.64. The lowest BCUT2D eigenvalue weighted by Crippen LogP contribution is -2.30. The first-order valence-corrected chi connectivity index (χ1v) is 9.01. The summed E-state index contributed by atoms with van der Waals surface area (Å²) < 4.78 is 7.22. The highest BCUT2D eigenvalue weighted by atomic mass is 35.5. The Balaban J connectivity index is 1.74. The van der Waals surface area contributed by atoms with E-state index in [0.29, 0.717) is 17.9 Å². The zero-order valence-electron chi connectivity index (χ0n) is 15.7. The topological polar surface area (TPSA) is 126 Å². The number of H-pyrrole nitrogens is 1. The third-order valence-corrected chi connectivity index (χ3v) is 4.19. The van der Waals surface area contributed by atoms with Gasteiger partial charge >= 0.3 is 5.69 Å². The van der Waals surface area contributed by atoms with Gasteiger partial charge < -0.3 is 10.1 Å². The Labute approximate surface area is 170 Å². The maximum absolute atomic E-state index is 11.7. The molecule has 10 heteroatoms. The highest BCUT2D eigenvalue weighted by Crippen LogP contribution is 2.30. The van der Waals surface area contributed by atoms with E-state index < -0.39 is 11.2 Å². The predicted octanol–water partition coefficient (Wildman–Crippen LogP) is 2.37. The highest BCUT2D eigenvalue weighted by molar-refractivity contribution is 6.29. The highest BCUT2D eigenvalue weighted by Gasteiger charge is 2.11. The molecule has 9 nitrogen and oxygen atoms in total. The number of hydrogen-bond acceptors (Lipinski definition) is 7. The lowest BCUT2D eigenvalue weighted by molar-refractivity contribution is 0.455. The SMILES string of the molecule is Cc1cc(C#N)cc(C)c1Oc1cc(Cl)nc(NCCn2ccc(=O)[nH]c2=O)n1. The van der Waals surface area contributed by atoms with Crippen LogP contribution < -0.4 is 21.3 Å². The second kappa shape index (κ2) is 8.58. The van der Waals surface area contributed by atoms with Crippen molar-refractivity contribution in [2.45, 2.75) is 20.4 Å². The molecule has 0 bridgehead atoms. The monoisotopic (exact) mass is 412 g/mol. The van der Waals surface area contributed by atoms with Crippen molar-refractivity contribution in [1.29, 1.82) is 5.26 Å². The minimum Gasteiger partial charge on any atom is -0.438 e. The number of aromatic nitrogens is 4. The first-order valence-electron chi connectivity index (χ1n) is 8.63. The van der Waals surface area contributed by atoms with Crippen LogP contribution in [0.5, 0.6) is 11.6 Å². The summed E-state index contributed by atoms with van der Waals surface area (Å²) in [7, 11) is 0. The van der Waals surface area contributed by atoms with Crippen LogP contribution in [-0.2, 0) is 6.54 Å². The summed E-state index contributed by atoms with van der Waals surface area (Å²) >= 11 is 6.07. The lowest BCUT2D eigenvalue weighted by atomic mass is 10.1. The Kier molecular flexibility index (Phi) is 5.95. The van der Waals surface area contributed by atoms with Crippen molar-refractivity contribution in [2.24, 2.45) is 0 Å². The van der Waals surface area contributed by atoms with E-state index in [4.69, 9.17) is 21.6 Å². The van der Waals surface area contributed by atoms with Gasteiger partial charge in [0.15, 0.2) is 0 Å². The minimum atomic E-state index is -0.498. The van der Waals surface area contributed by atoms with Crippen molar-refractivity contribution in [3.05, 3.63) is 73.1 Å². The van der Waals surface area contributed by atoms with E-state index in [2.05, 4.69) is 26.3 Å². The maximum atomic E-state index is 11.7. The third kappa shape index (κ3) is 5.00. The van der Waals surface area contributed by atoms with E-state index in [0.717, 1.165) is 11.1 Å². The second-order valence-corrected chi connectivity index (χ2v) is 6.62. The van der Waals surface area contributed by atoms with Crippen molar-refractivity contribution in [3.8, 4) is 17.7 Å². The molecular weight excluding hydrogens is 396 g/mol. The van der Waals surface area contributed by atoms with Crippen LogP contribution in [0.1, 0.15) is 16.7 Å². The Morgan fingerprint density at radius 1 is 1.24 bits per heavy atom. The van der Waals surface area contributed by atoms with Gasteiger partial charge in [0.1, 0.15) is 10.9 Å². The summed E-state index contributed by atoms with van der Waals surface area (Å²) in [6, 6.07) is 8.31. The number of nitrogens with zero attached hydrogens (tertiary/aromatic N) is 4. The average molecular weight is 413 g/mol. The van der Waals surface area contributed by atoms with E-state index >= 15 is 0 Å². The molecule has 1 aromatic carbocycles. The summed E-state index contributed by atoms with van der Waals surface area (Å²) in [5.41, 5.74) is 1.19. The number of rotatable bonds is 6. The molecule has 0 atom stereocenters. The summed E-state index contributed by atoms with van der Waals surface area (Å²) in [6.45, 7) is 4.29. The van der Waals surface area contributed by atoms with Gasteiger partial charge in [0.2, 0.25) is 11.8 Å². The number of aromatic amines is 1. The number of nitrogens with one attached hydrogen (secondary N) is 2. The molecule has 0 aliphatic rings. The van der Waals surface area contributed by atoms with E-state index in [9.17, 15) is 9.59 Å². The quantitative estimate of drug-likeness (QED) is 0.595. The van der Waals surface area contributed by atoms with Crippen LogP contribution in [0.25, 0.3) is 0 Å². The van der Waals surface area contributed by atoms with Crippen molar-refractivity contribution in [2.75, 3.05) is 11.9 Å². The van der Waals surface area contributed by atoms with E-state index in [-0.39, 0.29) is 23.5 Å². The Morgan fingerprint density at radius 2 is 1.97 bits per heavy atom. The van der Waals surface area contributed by atoms with Crippen LogP contribution in [0.2, 0.25) is 5.15 Å². The van der Waals surface area contributed by atoms with Gasteiger partial charge in [0, 0.05) is 31.4 Å². The zero-order chi connectivity index (χ0) is 21.0. The fraction of sp³-hybridized carbons (Fsp3) is 0.211. The van der Waals surface area contributed by atoms with Crippen LogP contribution in [0.3, 0.4) is 0 Å². The second-order valence-electron chi connectivity index (χ2n) is 6.24. The van der Waals surface area contributed by atoms with E-state index in [1.807, 2.05) is 13.8 Å². The van der Waals surface area contributed by atoms with Crippen molar-refractivity contribution in [3.63, 3.8) is 0 Å². The van der Waals surface area contributed by atoms with Gasteiger partial charge in [-0.25, -0.2) is 9.78 Å². The molecule has 2 N–H and O–H groups in total. The van der Waals surface area contributed by atoms with Gasteiger partial charge in [0.05, 0.1) is 11.6 Å². The smallest absolute Gasteiger partial charge is 0.328 e. The predicted molar refractivity (Wildman–Crippen MR) is 108 cm³/mol. The number of benzene rings is 1. The number of aryl methyl sites for hydroxylation is 2. The van der Waals surface area contributed by atoms with E-state index in [1.54, 1.807) is 12.1 Å². The molecule has 0 saturated heterocycles. The van der Waals surface area contributed by atoms with Crippen LogP contribution in [-0.4, -0.2) is 26.1 Å². The fourth-order valence-corrected chi connectivity index (χ4v) is 2.89. The number of anilines is 1. The third-order valence-electron chi connectivity index (χ3n) is 4.00. The van der Waals surface area contributed by atoms with Crippen LogP contribution in [0, 0.1) is 25.2 Å². The molecule has 0 amide bonds. The largest absolute Gasteiger partial charge is 0.438 e. The number of halogens is 1. The molecule has 0 aliphatic heterocycles. The molecule has 0 aliphatic carbocycles. The molecular formula is C19H17ClN6O3. The number of ether oxygens (including phenoxy) is 1. The molecule has 0 fully saturated rings. The molecule has 3 rings (SSSR count). The Bertz CT molecular complexity index is 1190. The van der Waals surface area contributed by atoms with Crippen LogP contribution >= 0.6 is 11.6 Å². The summed E-state index contributed by atoms with van der Waals surface area (Å²) in [6.07, 6.45) is 1.41. The molecule has 148 valence electrons. The first kappa shape index (κ1) is 20.1. The van der Waals surface area contributed by atoms with Crippen LogP contribution in [0.4, 0.5) is 5.95 Å². The molecule has 0 saturated carbocycles. The van der Waals surface area contributed by atoms with Gasteiger partial charge in [-0.05, 0) is 37.1 Å². The lowest BCUT2D eigenvalue weighted by Gasteiger charge is -2.13. The summed E-state index contributed by atoms with van der Waals surface area (Å²) in [5, 5.41) is 12.2. The number of hydrogen-bond donors (Lipinski definition) is 2. The first-order chi connectivity index (χ1) is 13.9. The standard InChI is InChI=1S/C19H17ClN6O3/c1-11-7-13(10-21)8-12(2)17(11)29-16-9-14(20)23-18(25-16)22-4-6-26-5-3-15(27)24-19(26)28/h3,5,7-9H,4,6H2,1-2H3,(H,22,23,25)(H,24,27,28). The molecule has 0 spiro atoms.